The Kier molecular flexibility index (Phi) is 7.31. The number of likely N-dealkylation sites (tertiary alicyclic amines) is 1. The van der Waals surface area contributed by atoms with Crippen molar-refractivity contribution in [1.82, 2.24) is 10.2 Å². The van der Waals surface area contributed by atoms with E-state index >= 15 is 0 Å². The number of nitrogens with one attached hydrogen (secondary N) is 1. The molecule has 0 aromatic heterocycles. The topological polar surface area (TPSA) is 33.7 Å². The van der Waals surface area contributed by atoms with Gasteiger partial charge >= 0.3 is 0 Å². The molecule has 27 heavy (non-hydrogen) atoms. The van der Waals surface area contributed by atoms with Crippen molar-refractivity contribution in [3.63, 3.8) is 0 Å². The van der Waals surface area contributed by atoms with Gasteiger partial charge in [0.1, 0.15) is 11.5 Å². The van der Waals surface area contributed by atoms with Gasteiger partial charge in [-0.1, -0.05) is 36.4 Å². The van der Waals surface area contributed by atoms with Gasteiger partial charge in [0.2, 0.25) is 0 Å². The SMILES string of the molecule is COc1ccc(/C=C/CNC2CCCN(Cc3cccc(OC)c3)C2)cc1. The molecule has 0 amide bonds. The van der Waals surface area contributed by atoms with Gasteiger partial charge in [0.05, 0.1) is 14.2 Å². The van der Waals surface area contributed by atoms with E-state index in [0.29, 0.717) is 6.04 Å². The van der Waals surface area contributed by atoms with Crippen LogP contribution in [0.25, 0.3) is 6.08 Å². The fourth-order valence-corrected chi connectivity index (χ4v) is 3.54. The number of piperidine rings is 1. The van der Waals surface area contributed by atoms with Gasteiger partial charge < -0.3 is 14.8 Å². The molecule has 0 bridgehead atoms. The zero-order valence-corrected chi connectivity index (χ0v) is 16.4. The Balaban J connectivity index is 1.44. The highest BCUT2D eigenvalue weighted by Gasteiger charge is 2.19. The minimum Gasteiger partial charge on any atom is -0.497 e. The normalized spacial score (nSPS) is 17.9. The minimum absolute atomic E-state index is 0.546. The molecule has 2 aromatic carbocycles. The molecule has 1 aliphatic heterocycles. The van der Waals surface area contributed by atoms with Crippen molar-refractivity contribution >= 4 is 6.08 Å². The Morgan fingerprint density at radius 3 is 2.67 bits per heavy atom. The number of nitrogens with zero attached hydrogens (tertiary/aromatic N) is 1. The molecule has 0 saturated carbocycles. The fraction of sp³-hybridized carbons (Fsp3) is 0.391. The molecule has 0 spiro atoms. The molecule has 1 saturated heterocycles. The Morgan fingerprint density at radius 2 is 1.89 bits per heavy atom. The van der Waals surface area contributed by atoms with E-state index in [1.54, 1.807) is 14.2 Å². The second-order valence-electron chi connectivity index (χ2n) is 7.01. The van der Waals surface area contributed by atoms with Crippen LogP contribution in [0.1, 0.15) is 24.0 Å². The van der Waals surface area contributed by atoms with Gasteiger partial charge in [0.15, 0.2) is 0 Å². The highest BCUT2D eigenvalue weighted by atomic mass is 16.5. The second-order valence-corrected chi connectivity index (χ2v) is 7.01. The van der Waals surface area contributed by atoms with E-state index in [4.69, 9.17) is 9.47 Å². The average Bonchev–Trinajstić information content (AvgIpc) is 2.72. The molecule has 144 valence electrons. The summed E-state index contributed by atoms with van der Waals surface area (Å²) in [6, 6.07) is 17.1. The molecule has 1 unspecified atom stereocenters. The van der Waals surface area contributed by atoms with E-state index in [9.17, 15) is 0 Å². The van der Waals surface area contributed by atoms with Gasteiger partial charge in [-0.25, -0.2) is 0 Å². The average molecular weight is 367 g/mol. The van der Waals surface area contributed by atoms with Gasteiger partial charge in [0, 0.05) is 25.7 Å². The van der Waals surface area contributed by atoms with Gasteiger partial charge in [-0.15, -0.1) is 0 Å². The molecule has 1 heterocycles. The lowest BCUT2D eigenvalue weighted by Gasteiger charge is -2.33. The van der Waals surface area contributed by atoms with Crippen LogP contribution in [-0.4, -0.2) is 44.8 Å². The van der Waals surface area contributed by atoms with E-state index in [1.807, 2.05) is 18.2 Å². The van der Waals surface area contributed by atoms with Crippen molar-refractivity contribution in [2.75, 3.05) is 33.9 Å². The standard InChI is InChI=1S/C23H30N2O2/c1-26-22-12-10-19(11-13-22)7-4-14-24-21-8-5-15-25(18-21)17-20-6-3-9-23(16-20)27-2/h3-4,6-7,9-13,16,21,24H,5,8,14-15,17-18H2,1-2H3/b7-4+. The summed E-state index contributed by atoms with van der Waals surface area (Å²) < 4.78 is 10.5. The highest BCUT2D eigenvalue weighted by molar-refractivity contribution is 5.50. The van der Waals surface area contributed by atoms with E-state index in [0.717, 1.165) is 37.7 Å². The molecule has 1 aliphatic rings. The summed E-state index contributed by atoms with van der Waals surface area (Å²) >= 11 is 0. The van der Waals surface area contributed by atoms with Crippen molar-refractivity contribution in [1.29, 1.82) is 0 Å². The first-order valence-corrected chi connectivity index (χ1v) is 9.66. The summed E-state index contributed by atoms with van der Waals surface area (Å²) in [7, 11) is 3.41. The number of ether oxygens (including phenoxy) is 2. The quantitative estimate of drug-likeness (QED) is 0.766. The summed E-state index contributed by atoms with van der Waals surface area (Å²) in [6.45, 7) is 4.13. The van der Waals surface area contributed by atoms with Crippen LogP contribution in [0.15, 0.2) is 54.6 Å². The monoisotopic (exact) mass is 366 g/mol. The molecule has 3 rings (SSSR count). The van der Waals surface area contributed by atoms with Crippen molar-refractivity contribution in [3.8, 4) is 11.5 Å². The second kappa shape index (κ2) is 10.1. The van der Waals surface area contributed by atoms with Gasteiger partial charge in [-0.2, -0.15) is 0 Å². The fourth-order valence-electron chi connectivity index (χ4n) is 3.54. The Bertz CT molecular complexity index is 727. The third kappa shape index (κ3) is 6.12. The van der Waals surface area contributed by atoms with Gasteiger partial charge in [-0.3, -0.25) is 4.90 Å². The summed E-state index contributed by atoms with van der Waals surface area (Å²) in [6.07, 6.45) is 6.83. The first-order chi connectivity index (χ1) is 13.3. The lowest BCUT2D eigenvalue weighted by molar-refractivity contribution is 0.185. The van der Waals surface area contributed by atoms with E-state index < -0.39 is 0 Å². The number of hydrogen-bond acceptors (Lipinski definition) is 4. The minimum atomic E-state index is 0.546. The smallest absolute Gasteiger partial charge is 0.119 e. The van der Waals surface area contributed by atoms with Crippen LogP contribution in [0.2, 0.25) is 0 Å². The van der Waals surface area contributed by atoms with Crippen LogP contribution in [0.5, 0.6) is 11.5 Å². The number of rotatable bonds is 8. The zero-order valence-electron chi connectivity index (χ0n) is 16.4. The first kappa shape index (κ1) is 19.5. The molecular weight excluding hydrogens is 336 g/mol. The molecule has 4 heteroatoms. The Hall–Kier alpha value is -2.30. The molecule has 0 aliphatic carbocycles. The van der Waals surface area contributed by atoms with Crippen molar-refractivity contribution < 1.29 is 9.47 Å². The van der Waals surface area contributed by atoms with Crippen LogP contribution >= 0.6 is 0 Å². The van der Waals surface area contributed by atoms with Crippen LogP contribution in [0, 0.1) is 0 Å². The van der Waals surface area contributed by atoms with E-state index in [-0.39, 0.29) is 0 Å². The summed E-state index contributed by atoms with van der Waals surface area (Å²) in [5.41, 5.74) is 2.51. The van der Waals surface area contributed by atoms with Crippen LogP contribution in [0.3, 0.4) is 0 Å². The number of methoxy groups -OCH3 is 2. The maximum atomic E-state index is 5.33. The lowest BCUT2D eigenvalue weighted by Crippen LogP contribution is -2.45. The van der Waals surface area contributed by atoms with Crippen LogP contribution < -0.4 is 14.8 Å². The van der Waals surface area contributed by atoms with Crippen LogP contribution in [-0.2, 0) is 6.54 Å². The number of hydrogen-bond donors (Lipinski definition) is 1. The molecule has 1 fully saturated rings. The lowest BCUT2D eigenvalue weighted by atomic mass is 10.0. The van der Waals surface area contributed by atoms with Gasteiger partial charge in [-0.05, 0) is 54.8 Å². The summed E-state index contributed by atoms with van der Waals surface area (Å²) in [5.74, 6) is 1.83. The predicted octanol–water partition coefficient (Wildman–Crippen LogP) is 3.97. The zero-order chi connectivity index (χ0) is 18.9. The van der Waals surface area contributed by atoms with E-state index in [1.165, 1.54) is 24.0 Å². The molecule has 0 radical (unpaired) electrons. The molecule has 4 nitrogen and oxygen atoms in total. The third-order valence-electron chi connectivity index (χ3n) is 5.00. The third-order valence-corrected chi connectivity index (χ3v) is 5.00. The summed E-state index contributed by atoms with van der Waals surface area (Å²) in [5, 5.41) is 3.67. The molecule has 2 aromatic rings. The van der Waals surface area contributed by atoms with Crippen molar-refractivity contribution in [2.45, 2.75) is 25.4 Å². The van der Waals surface area contributed by atoms with Crippen molar-refractivity contribution in [2.24, 2.45) is 0 Å². The van der Waals surface area contributed by atoms with Crippen LogP contribution in [0.4, 0.5) is 0 Å². The maximum absolute atomic E-state index is 5.33. The number of benzene rings is 2. The molecular formula is C23H30N2O2. The Labute approximate surface area is 162 Å². The first-order valence-electron chi connectivity index (χ1n) is 9.66. The largest absolute Gasteiger partial charge is 0.497 e. The highest BCUT2D eigenvalue weighted by Crippen LogP contribution is 2.17. The molecule has 1 N–H and O–H groups in total. The predicted molar refractivity (Wildman–Crippen MR) is 111 cm³/mol. The maximum Gasteiger partial charge on any atom is 0.119 e. The van der Waals surface area contributed by atoms with Gasteiger partial charge in [0.25, 0.3) is 0 Å². The van der Waals surface area contributed by atoms with Crippen molar-refractivity contribution in [3.05, 3.63) is 65.7 Å². The molecule has 1 atom stereocenters. The van der Waals surface area contributed by atoms with E-state index in [2.05, 4.69) is 52.7 Å². The summed E-state index contributed by atoms with van der Waals surface area (Å²) in [4.78, 5) is 2.53. The Morgan fingerprint density at radius 1 is 1.07 bits per heavy atom.